The molecule has 9 heteroatoms. The van der Waals surface area contributed by atoms with Gasteiger partial charge in [-0.1, -0.05) is 0 Å². The van der Waals surface area contributed by atoms with Crippen LogP contribution in [0.2, 0.25) is 0 Å². The number of fused-ring (bicyclic) bond motifs is 2. The van der Waals surface area contributed by atoms with Crippen LogP contribution in [0.25, 0.3) is 22.3 Å². The van der Waals surface area contributed by atoms with Crippen LogP contribution >= 0.6 is 0 Å². The summed E-state index contributed by atoms with van der Waals surface area (Å²) in [5.41, 5.74) is 3.88. The number of nitrogens with zero attached hydrogens (tertiary/aromatic N) is 3. The minimum absolute atomic E-state index is 0.0962. The van der Waals surface area contributed by atoms with Crippen molar-refractivity contribution in [1.82, 2.24) is 9.97 Å². The van der Waals surface area contributed by atoms with Gasteiger partial charge in [0, 0.05) is 22.7 Å². The van der Waals surface area contributed by atoms with Crippen LogP contribution in [0.4, 0.5) is 15.9 Å². The standard InChI is InChI=1S/C24H18FN3O4S/c25-17-6-3-14(4-7-17)22-23(27-20-13-16(24(29)30)5-9-19(20)26-22)28-11-1-2-15-12-18(33(31)32)8-10-21(15)28/h3-10,12-13H,1-2,11H2,(H,29,30)(H,31,32)/p-1. The van der Waals surface area contributed by atoms with Gasteiger partial charge in [0.15, 0.2) is 5.82 Å². The Morgan fingerprint density at radius 2 is 1.82 bits per heavy atom. The number of carbonyl (C=O) groups is 1. The van der Waals surface area contributed by atoms with Gasteiger partial charge in [-0.05, 0) is 90.1 Å². The molecule has 3 aromatic carbocycles. The highest BCUT2D eigenvalue weighted by atomic mass is 32.2. The number of hydrogen-bond donors (Lipinski definition) is 1. The third-order valence-electron chi connectivity index (χ3n) is 5.63. The Kier molecular flexibility index (Phi) is 5.35. The number of benzene rings is 3. The molecule has 0 radical (unpaired) electrons. The van der Waals surface area contributed by atoms with E-state index in [-0.39, 0.29) is 16.3 Å². The molecule has 1 aliphatic rings. The summed E-state index contributed by atoms with van der Waals surface area (Å²) in [6, 6.07) is 15.4. The zero-order chi connectivity index (χ0) is 23.1. The maximum Gasteiger partial charge on any atom is 0.335 e. The first-order chi connectivity index (χ1) is 15.9. The van der Waals surface area contributed by atoms with E-state index >= 15 is 0 Å². The molecule has 1 N–H and O–H groups in total. The molecule has 33 heavy (non-hydrogen) atoms. The molecule has 4 aromatic rings. The van der Waals surface area contributed by atoms with Crippen molar-refractivity contribution >= 4 is 39.6 Å². The number of halogens is 1. The lowest BCUT2D eigenvalue weighted by atomic mass is 10.0. The lowest BCUT2D eigenvalue weighted by Gasteiger charge is -2.32. The predicted molar refractivity (Wildman–Crippen MR) is 121 cm³/mol. The molecule has 1 aliphatic heterocycles. The van der Waals surface area contributed by atoms with E-state index in [1.807, 2.05) is 4.90 Å². The average Bonchev–Trinajstić information content (AvgIpc) is 2.82. The van der Waals surface area contributed by atoms with E-state index in [1.54, 1.807) is 30.3 Å². The number of hydrogen-bond acceptors (Lipinski definition) is 6. The minimum Gasteiger partial charge on any atom is -0.768 e. The molecule has 0 spiro atoms. The molecule has 1 atom stereocenters. The van der Waals surface area contributed by atoms with Gasteiger partial charge < -0.3 is 14.6 Å². The summed E-state index contributed by atoms with van der Waals surface area (Å²) in [7, 11) is 0. The number of carboxylic acid groups (broad SMARTS) is 1. The number of rotatable bonds is 4. The van der Waals surface area contributed by atoms with Crippen molar-refractivity contribution in [2.45, 2.75) is 17.7 Å². The van der Waals surface area contributed by atoms with Crippen molar-refractivity contribution in [2.24, 2.45) is 0 Å². The maximum atomic E-state index is 13.6. The first-order valence-electron chi connectivity index (χ1n) is 10.2. The van der Waals surface area contributed by atoms with Crippen LogP contribution in [0.1, 0.15) is 22.3 Å². The van der Waals surface area contributed by atoms with E-state index in [0.29, 0.717) is 41.1 Å². The van der Waals surface area contributed by atoms with Gasteiger partial charge in [0.05, 0.1) is 16.6 Å². The van der Waals surface area contributed by atoms with E-state index in [2.05, 4.69) is 0 Å². The summed E-state index contributed by atoms with van der Waals surface area (Å²) >= 11 is -2.33. The van der Waals surface area contributed by atoms with Gasteiger partial charge in [0.1, 0.15) is 11.5 Å². The van der Waals surface area contributed by atoms with E-state index in [1.165, 1.54) is 30.3 Å². The molecule has 0 fully saturated rings. The smallest absolute Gasteiger partial charge is 0.335 e. The average molecular weight is 462 g/mol. The van der Waals surface area contributed by atoms with Crippen molar-refractivity contribution in [1.29, 1.82) is 0 Å². The molecule has 0 amide bonds. The maximum absolute atomic E-state index is 13.6. The largest absolute Gasteiger partial charge is 0.768 e. The fraction of sp³-hybridized carbons (Fsp3) is 0.125. The van der Waals surface area contributed by atoms with Crippen LogP contribution in [0, 0.1) is 5.82 Å². The molecule has 2 heterocycles. The molecule has 166 valence electrons. The van der Waals surface area contributed by atoms with Crippen LogP contribution < -0.4 is 4.90 Å². The van der Waals surface area contributed by atoms with E-state index in [9.17, 15) is 23.1 Å². The second kappa shape index (κ2) is 8.34. The Labute approximate surface area is 190 Å². The topological polar surface area (TPSA) is 106 Å². The van der Waals surface area contributed by atoms with Gasteiger partial charge in [-0.2, -0.15) is 0 Å². The zero-order valence-electron chi connectivity index (χ0n) is 17.2. The Morgan fingerprint density at radius 1 is 1.03 bits per heavy atom. The highest BCUT2D eigenvalue weighted by Crippen LogP contribution is 2.39. The van der Waals surface area contributed by atoms with Crippen LogP contribution in [0.3, 0.4) is 0 Å². The lowest BCUT2D eigenvalue weighted by molar-refractivity contribution is 0.0697. The highest BCUT2D eigenvalue weighted by Gasteiger charge is 2.24. The van der Waals surface area contributed by atoms with E-state index in [4.69, 9.17) is 9.97 Å². The van der Waals surface area contributed by atoms with Gasteiger partial charge in [0.25, 0.3) is 0 Å². The molecule has 0 saturated heterocycles. The number of carboxylic acids is 1. The SMILES string of the molecule is O=C(O)c1ccc2nc(-c3ccc(F)cc3)c(N3CCCc4cc(S(=O)[O-])ccc43)nc2c1. The summed E-state index contributed by atoms with van der Waals surface area (Å²) in [5.74, 6) is -0.945. The fourth-order valence-electron chi connectivity index (χ4n) is 4.06. The number of aromatic nitrogens is 2. The molecule has 5 rings (SSSR count). The third-order valence-corrected chi connectivity index (χ3v) is 6.27. The van der Waals surface area contributed by atoms with Crippen molar-refractivity contribution < 1.29 is 23.1 Å². The minimum atomic E-state index is -2.33. The Balaban J connectivity index is 1.74. The molecule has 0 aliphatic carbocycles. The fourth-order valence-corrected chi connectivity index (χ4v) is 4.48. The van der Waals surface area contributed by atoms with Crippen LogP contribution in [-0.4, -0.2) is 36.4 Å². The molecule has 1 aromatic heterocycles. The molecule has 7 nitrogen and oxygen atoms in total. The van der Waals surface area contributed by atoms with Gasteiger partial charge >= 0.3 is 5.97 Å². The molecule has 1 unspecified atom stereocenters. The predicted octanol–water partition coefficient (Wildman–Crippen LogP) is 4.46. The Bertz CT molecular complexity index is 1430. The summed E-state index contributed by atoms with van der Waals surface area (Å²) < 4.78 is 36.4. The highest BCUT2D eigenvalue weighted by molar-refractivity contribution is 7.79. The van der Waals surface area contributed by atoms with Crippen LogP contribution in [0.15, 0.2) is 65.6 Å². The Hall–Kier alpha value is -3.69. The first-order valence-corrected chi connectivity index (χ1v) is 11.3. The van der Waals surface area contributed by atoms with Gasteiger partial charge in [-0.15, -0.1) is 0 Å². The van der Waals surface area contributed by atoms with Crippen molar-refractivity contribution in [3.63, 3.8) is 0 Å². The van der Waals surface area contributed by atoms with Gasteiger partial charge in [-0.25, -0.2) is 19.2 Å². The Morgan fingerprint density at radius 3 is 2.55 bits per heavy atom. The third kappa shape index (κ3) is 3.96. The molecular weight excluding hydrogens is 445 g/mol. The van der Waals surface area contributed by atoms with Crippen LogP contribution in [-0.2, 0) is 17.5 Å². The summed E-state index contributed by atoms with van der Waals surface area (Å²) in [4.78, 5) is 23.2. The van der Waals surface area contributed by atoms with E-state index in [0.717, 1.165) is 17.7 Å². The van der Waals surface area contributed by atoms with Gasteiger partial charge in [0.2, 0.25) is 0 Å². The number of aryl methyl sites for hydroxylation is 1. The molecule has 0 bridgehead atoms. The second-order valence-corrected chi connectivity index (χ2v) is 8.63. The summed E-state index contributed by atoms with van der Waals surface area (Å²) in [6.45, 7) is 0.611. The molecular formula is C24H17FN3O4S-. The van der Waals surface area contributed by atoms with Crippen LogP contribution in [0.5, 0.6) is 0 Å². The quantitative estimate of drug-likeness (QED) is 0.446. The van der Waals surface area contributed by atoms with Crippen molar-refractivity contribution in [3.8, 4) is 11.3 Å². The van der Waals surface area contributed by atoms with E-state index < -0.39 is 17.0 Å². The zero-order valence-corrected chi connectivity index (χ0v) is 18.0. The van der Waals surface area contributed by atoms with Crippen molar-refractivity contribution in [2.75, 3.05) is 11.4 Å². The molecule has 0 saturated carbocycles. The number of anilines is 2. The first kappa shape index (κ1) is 21.2. The second-order valence-electron chi connectivity index (χ2n) is 7.69. The van der Waals surface area contributed by atoms with Gasteiger partial charge in [-0.3, -0.25) is 4.21 Å². The summed E-state index contributed by atoms with van der Waals surface area (Å²) in [6.07, 6.45) is 1.48. The number of aromatic carboxylic acids is 1. The normalized spacial score (nSPS) is 14.2. The lowest BCUT2D eigenvalue weighted by Crippen LogP contribution is -2.26. The summed E-state index contributed by atoms with van der Waals surface area (Å²) in [5, 5.41) is 9.38. The van der Waals surface area contributed by atoms with Crippen molar-refractivity contribution in [3.05, 3.63) is 77.6 Å². The monoisotopic (exact) mass is 462 g/mol.